The topological polar surface area (TPSA) is 50.9 Å². The Bertz CT molecular complexity index is 471. The summed E-state index contributed by atoms with van der Waals surface area (Å²) in [6.45, 7) is 0.689. The Morgan fingerprint density at radius 3 is 2.81 bits per heavy atom. The maximum atomic E-state index is 5.90. The molecular formula is C12H14BN3. The molecule has 3 N–H and O–H groups in total. The van der Waals surface area contributed by atoms with Gasteiger partial charge in [-0.3, -0.25) is 4.98 Å². The van der Waals surface area contributed by atoms with Crippen molar-refractivity contribution in [3.8, 4) is 0 Å². The highest BCUT2D eigenvalue weighted by Crippen LogP contribution is 2.16. The van der Waals surface area contributed by atoms with E-state index < -0.39 is 0 Å². The molecule has 3 nitrogen and oxygen atoms in total. The van der Waals surface area contributed by atoms with E-state index in [1.807, 2.05) is 44.2 Å². The fraction of sp³-hybridized carbons (Fsp3) is 0.0833. The normalized spacial score (nSPS) is 10.0. The molecule has 0 atom stereocenters. The van der Waals surface area contributed by atoms with Crippen molar-refractivity contribution < 1.29 is 0 Å². The second-order valence-corrected chi connectivity index (χ2v) is 3.77. The predicted octanol–water partition coefficient (Wildman–Crippen LogP) is 0.534. The SMILES string of the molecule is Bc1ccc(NCc2ccccn2)c(N)c1. The van der Waals surface area contributed by atoms with Gasteiger partial charge in [-0.05, 0) is 24.3 Å². The summed E-state index contributed by atoms with van der Waals surface area (Å²) < 4.78 is 0. The number of rotatable bonds is 3. The highest BCUT2D eigenvalue weighted by molar-refractivity contribution is 6.32. The third kappa shape index (κ3) is 2.54. The number of hydrogen-bond acceptors (Lipinski definition) is 3. The van der Waals surface area contributed by atoms with Crippen LogP contribution in [0, 0.1) is 0 Å². The number of benzene rings is 1. The molecule has 0 fully saturated rings. The molecular weight excluding hydrogens is 197 g/mol. The molecule has 0 aliphatic rings. The van der Waals surface area contributed by atoms with E-state index in [-0.39, 0.29) is 0 Å². The smallest absolute Gasteiger partial charge is 0.139 e. The van der Waals surface area contributed by atoms with Crippen molar-refractivity contribution in [2.75, 3.05) is 11.1 Å². The summed E-state index contributed by atoms with van der Waals surface area (Å²) in [5.74, 6) is 0. The van der Waals surface area contributed by atoms with Crippen molar-refractivity contribution in [1.82, 2.24) is 4.98 Å². The van der Waals surface area contributed by atoms with E-state index in [1.54, 1.807) is 6.20 Å². The van der Waals surface area contributed by atoms with E-state index in [4.69, 9.17) is 5.73 Å². The number of nitrogens with two attached hydrogens (primary N) is 1. The van der Waals surface area contributed by atoms with E-state index in [0.29, 0.717) is 6.54 Å². The fourth-order valence-corrected chi connectivity index (χ4v) is 1.53. The van der Waals surface area contributed by atoms with Crippen molar-refractivity contribution in [2.45, 2.75) is 6.54 Å². The van der Waals surface area contributed by atoms with Gasteiger partial charge in [0.15, 0.2) is 0 Å². The van der Waals surface area contributed by atoms with Crippen LogP contribution in [0.1, 0.15) is 5.69 Å². The lowest BCUT2D eigenvalue weighted by Crippen LogP contribution is -2.08. The van der Waals surface area contributed by atoms with Crippen molar-refractivity contribution in [2.24, 2.45) is 0 Å². The summed E-state index contributed by atoms with van der Waals surface area (Å²) in [7, 11) is 2.03. The highest BCUT2D eigenvalue weighted by atomic mass is 14.9. The van der Waals surface area contributed by atoms with Gasteiger partial charge in [-0.15, -0.1) is 0 Å². The van der Waals surface area contributed by atoms with Crippen LogP contribution >= 0.6 is 0 Å². The molecule has 1 aromatic carbocycles. The van der Waals surface area contributed by atoms with Gasteiger partial charge < -0.3 is 11.1 Å². The number of aromatic nitrogens is 1. The molecule has 2 rings (SSSR count). The number of hydrogen-bond donors (Lipinski definition) is 2. The Hall–Kier alpha value is -1.97. The lowest BCUT2D eigenvalue weighted by molar-refractivity contribution is 1.05. The predicted molar refractivity (Wildman–Crippen MR) is 70.6 cm³/mol. The summed E-state index contributed by atoms with van der Waals surface area (Å²) in [6.07, 6.45) is 1.79. The first-order valence-electron chi connectivity index (χ1n) is 5.25. The van der Waals surface area contributed by atoms with Crippen LogP contribution in [0.4, 0.5) is 11.4 Å². The van der Waals surface area contributed by atoms with Crippen LogP contribution in [0.15, 0.2) is 42.6 Å². The molecule has 0 aliphatic carbocycles. The lowest BCUT2D eigenvalue weighted by Gasteiger charge is -2.09. The summed E-state index contributed by atoms with van der Waals surface area (Å²) in [5, 5.41) is 3.27. The molecule has 2 aromatic rings. The minimum absolute atomic E-state index is 0.689. The molecule has 4 heteroatoms. The molecule has 1 heterocycles. The van der Waals surface area contributed by atoms with Crippen LogP contribution in [0.2, 0.25) is 0 Å². The van der Waals surface area contributed by atoms with Crippen LogP contribution in [0.25, 0.3) is 0 Å². The quantitative estimate of drug-likeness (QED) is 0.575. The Morgan fingerprint density at radius 2 is 2.12 bits per heavy atom. The maximum absolute atomic E-state index is 5.90. The molecule has 1 aromatic heterocycles. The molecule has 16 heavy (non-hydrogen) atoms. The zero-order valence-corrected chi connectivity index (χ0v) is 9.27. The zero-order chi connectivity index (χ0) is 11.4. The Morgan fingerprint density at radius 1 is 1.25 bits per heavy atom. The molecule has 0 spiro atoms. The number of anilines is 2. The van der Waals surface area contributed by atoms with Gasteiger partial charge in [0.25, 0.3) is 0 Å². The van der Waals surface area contributed by atoms with Gasteiger partial charge in [-0.25, -0.2) is 0 Å². The molecule has 0 aliphatic heterocycles. The van der Waals surface area contributed by atoms with Crippen LogP contribution in [-0.2, 0) is 6.54 Å². The van der Waals surface area contributed by atoms with Gasteiger partial charge in [0.1, 0.15) is 7.85 Å². The average molecular weight is 211 g/mol. The summed E-state index contributed by atoms with van der Waals surface area (Å²) in [4.78, 5) is 4.24. The van der Waals surface area contributed by atoms with Crippen molar-refractivity contribution >= 4 is 24.7 Å². The Balaban J connectivity index is 2.05. The third-order valence-electron chi connectivity index (χ3n) is 2.39. The first-order valence-corrected chi connectivity index (χ1v) is 5.25. The van der Waals surface area contributed by atoms with E-state index in [9.17, 15) is 0 Å². The second-order valence-electron chi connectivity index (χ2n) is 3.77. The van der Waals surface area contributed by atoms with Crippen LogP contribution in [-0.4, -0.2) is 12.8 Å². The zero-order valence-electron chi connectivity index (χ0n) is 9.27. The van der Waals surface area contributed by atoms with Gasteiger partial charge >= 0.3 is 0 Å². The average Bonchev–Trinajstić information content (AvgIpc) is 2.29. The van der Waals surface area contributed by atoms with E-state index in [1.165, 1.54) is 5.46 Å². The van der Waals surface area contributed by atoms with Crippen molar-refractivity contribution in [3.05, 3.63) is 48.3 Å². The highest BCUT2D eigenvalue weighted by Gasteiger charge is 1.99. The molecule has 0 amide bonds. The van der Waals surface area contributed by atoms with Crippen LogP contribution < -0.4 is 16.5 Å². The summed E-state index contributed by atoms with van der Waals surface area (Å²) >= 11 is 0. The lowest BCUT2D eigenvalue weighted by atomic mass is 9.95. The molecule has 0 radical (unpaired) electrons. The molecule has 0 bridgehead atoms. The molecule has 0 saturated heterocycles. The third-order valence-corrected chi connectivity index (χ3v) is 2.39. The number of nitrogen functional groups attached to an aromatic ring is 1. The van der Waals surface area contributed by atoms with Gasteiger partial charge in [0.2, 0.25) is 0 Å². The number of nitrogens with one attached hydrogen (secondary N) is 1. The Labute approximate surface area is 96.1 Å². The minimum atomic E-state index is 0.689. The largest absolute Gasteiger partial charge is 0.397 e. The first kappa shape index (κ1) is 10.5. The maximum Gasteiger partial charge on any atom is 0.139 e. The molecule has 80 valence electrons. The van der Waals surface area contributed by atoms with E-state index >= 15 is 0 Å². The van der Waals surface area contributed by atoms with Crippen LogP contribution in [0.5, 0.6) is 0 Å². The second kappa shape index (κ2) is 4.70. The van der Waals surface area contributed by atoms with E-state index in [2.05, 4.69) is 10.3 Å². The summed E-state index contributed by atoms with van der Waals surface area (Å²) in [5.41, 5.74) is 9.80. The monoisotopic (exact) mass is 211 g/mol. The Kier molecular flexibility index (Phi) is 3.10. The van der Waals surface area contributed by atoms with Gasteiger partial charge in [-0.2, -0.15) is 0 Å². The van der Waals surface area contributed by atoms with Crippen molar-refractivity contribution in [1.29, 1.82) is 0 Å². The summed E-state index contributed by atoms with van der Waals surface area (Å²) in [6, 6.07) is 11.9. The minimum Gasteiger partial charge on any atom is -0.397 e. The van der Waals surface area contributed by atoms with E-state index in [0.717, 1.165) is 17.1 Å². The molecule has 0 saturated carbocycles. The van der Waals surface area contributed by atoms with Crippen LogP contribution in [0.3, 0.4) is 0 Å². The molecule has 0 unspecified atom stereocenters. The van der Waals surface area contributed by atoms with Gasteiger partial charge in [-0.1, -0.05) is 17.6 Å². The fourth-order valence-electron chi connectivity index (χ4n) is 1.53. The first-order chi connectivity index (χ1) is 7.75. The van der Waals surface area contributed by atoms with Crippen molar-refractivity contribution in [3.63, 3.8) is 0 Å². The number of nitrogens with zero attached hydrogens (tertiary/aromatic N) is 1. The standard InChI is InChI=1S/C12H14BN3/c13-9-4-5-12(11(14)7-9)16-8-10-3-1-2-6-15-10/h1-7,16H,8,13-14H2. The van der Waals surface area contributed by atoms with Gasteiger partial charge in [0.05, 0.1) is 23.6 Å². The number of pyridine rings is 1. The van der Waals surface area contributed by atoms with Gasteiger partial charge in [0, 0.05) is 6.20 Å².